The zero-order valence-corrected chi connectivity index (χ0v) is 14.2. The Kier molecular flexibility index (Phi) is 4.94. The van der Waals surface area contributed by atoms with Gasteiger partial charge in [-0.15, -0.1) is 0 Å². The molecule has 1 aromatic rings. The number of carbonyl (C=O) groups is 3. The van der Waals surface area contributed by atoms with Gasteiger partial charge in [0.2, 0.25) is 5.91 Å². The smallest absolute Gasteiger partial charge is 0.322 e. The summed E-state index contributed by atoms with van der Waals surface area (Å²) in [6.45, 7) is 3.26. The molecule has 2 aliphatic heterocycles. The number of urea groups is 1. The normalized spacial score (nSPS) is 20.6. The minimum Gasteiger partial charge on any atom is -0.492 e. The maximum atomic E-state index is 12.5. The fourth-order valence-electron chi connectivity index (χ4n) is 2.90. The number of carbonyl (C=O) groups excluding carboxylic acids is 3. The highest BCUT2D eigenvalue weighted by atomic mass is 32.2. The Hall–Kier alpha value is -2.22. The largest absolute Gasteiger partial charge is 0.492 e. The molecule has 4 amide bonds. The molecule has 8 heteroatoms. The lowest BCUT2D eigenvalue weighted by Crippen LogP contribution is -2.42. The molecular weight excluding hydrogens is 330 g/mol. The minimum absolute atomic E-state index is 0.168. The van der Waals surface area contributed by atoms with Crippen molar-refractivity contribution in [3.8, 4) is 5.75 Å². The average molecular weight is 349 g/mol. The second-order valence-electron chi connectivity index (χ2n) is 5.57. The summed E-state index contributed by atoms with van der Waals surface area (Å²) in [6, 6.07) is 6.76. The van der Waals surface area contributed by atoms with Gasteiger partial charge in [0.1, 0.15) is 5.75 Å². The monoisotopic (exact) mass is 349 g/mol. The fourth-order valence-corrected chi connectivity index (χ4v) is 3.68. The number of thioether (sulfide) groups is 1. The molecule has 1 atom stereocenters. The van der Waals surface area contributed by atoms with E-state index in [2.05, 4.69) is 5.32 Å². The van der Waals surface area contributed by atoms with Gasteiger partial charge >= 0.3 is 6.03 Å². The van der Waals surface area contributed by atoms with E-state index in [1.54, 1.807) is 17.0 Å². The highest BCUT2D eigenvalue weighted by Crippen LogP contribution is 2.28. The molecule has 2 saturated heterocycles. The summed E-state index contributed by atoms with van der Waals surface area (Å²) in [5.41, 5.74) is 0.608. The van der Waals surface area contributed by atoms with E-state index < -0.39 is 0 Å². The van der Waals surface area contributed by atoms with Crippen molar-refractivity contribution in [2.24, 2.45) is 0 Å². The molecule has 0 spiro atoms. The van der Waals surface area contributed by atoms with Crippen molar-refractivity contribution in [3.05, 3.63) is 24.3 Å². The maximum Gasteiger partial charge on any atom is 0.322 e. The van der Waals surface area contributed by atoms with Crippen molar-refractivity contribution in [1.29, 1.82) is 0 Å². The Bertz CT molecular complexity index is 650. The van der Waals surface area contributed by atoms with Crippen LogP contribution < -0.4 is 10.1 Å². The molecule has 0 saturated carbocycles. The maximum absolute atomic E-state index is 12.5. The Balaban J connectivity index is 1.63. The lowest BCUT2D eigenvalue weighted by Gasteiger charge is -2.22. The molecule has 128 valence electrons. The number of rotatable bonds is 4. The highest BCUT2D eigenvalue weighted by Gasteiger charge is 2.40. The molecule has 0 aromatic heterocycles. The van der Waals surface area contributed by atoms with Crippen LogP contribution >= 0.6 is 11.8 Å². The zero-order chi connectivity index (χ0) is 17.1. The van der Waals surface area contributed by atoms with E-state index in [-0.39, 0.29) is 29.0 Å². The SMILES string of the molecule is CCOc1ccccc1NC(=O)N1CCC(N2C(=O)CSC2=O)C1. The van der Waals surface area contributed by atoms with Crippen molar-refractivity contribution in [1.82, 2.24) is 9.80 Å². The molecule has 0 radical (unpaired) electrons. The van der Waals surface area contributed by atoms with E-state index in [4.69, 9.17) is 4.74 Å². The second kappa shape index (κ2) is 7.12. The number of hydrogen-bond acceptors (Lipinski definition) is 5. The van der Waals surface area contributed by atoms with Crippen LogP contribution in [0.3, 0.4) is 0 Å². The zero-order valence-electron chi connectivity index (χ0n) is 13.4. The number of amides is 4. The average Bonchev–Trinajstić information content (AvgIpc) is 3.16. The van der Waals surface area contributed by atoms with Crippen molar-refractivity contribution in [3.63, 3.8) is 0 Å². The first-order chi connectivity index (χ1) is 11.6. The lowest BCUT2D eigenvalue weighted by molar-refractivity contribution is -0.126. The second-order valence-corrected chi connectivity index (χ2v) is 6.49. The molecule has 24 heavy (non-hydrogen) atoms. The van der Waals surface area contributed by atoms with Crippen LogP contribution in [0.1, 0.15) is 13.3 Å². The van der Waals surface area contributed by atoms with Gasteiger partial charge in [0.05, 0.1) is 24.1 Å². The molecule has 0 bridgehead atoms. The van der Waals surface area contributed by atoms with Gasteiger partial charge in [0, 0.05) is 13.1 Å². The number of nitrogens with zero attached hydrogens (tertiary/aromatic N) is 2. The predicted octanol–water partition coefficient (Wildman–Crippen LogP) is 2.39. The molecule has 2 fully saturated rings. The molecule has 0 aliphatic carbocycles. The van der Waals surface area contributed by atoms with E-state index in [1.165, 1.54) is 4.90 Å². The van der Waals surface area contributed by atoms with Crippen LogP contribution in [0.15, 0.2) is 24.3 Å². The summed E-state index contributed by atoms with van der Waals surface area (Å²) < 4.78 is 5.50. The minimum atomic E-state index is -0.253. The lowest BCUT2D eigenvalue weighted by atomic mass is 10.2. The fraction of sp³-hybridized carbons (Fsp3) is 0.438. The number of ether oxygens (including phenoxy) is 1. The molecule has 2 heterocycles. The number of nitrogens with one attached hydrogen (secondary N) is 1. The Morgan fingerprint density at radius 1 is 1.38 bits per heavy atom. The van der Waals surface area contributed by atoms with Crippen molar-refractivity contribution >= 4 is 34.6 Å². The first-order valence-corrected chi connectivity index (χ1v) is 8.85. The van der Waals surface area contributed by atoms with E-state index in [1.807, 2.05) is 19.1 Å². The van der Waals surface area contributed by atoms with Crippen LogP contribution in [0.2, 0.25) is 0 Å². The first-order valence-electron chi connectivity index (χ1n) is 7.86. The summed E-state index contributed by atoms with van der Waals surface area (Å²) in [7, 11) is 0. The van der Waals surface area contributed by atoms with Gasteiger partial charge in [-0.25, -0.2) is 4.79 Å². The Morgan fingerprint density at radius 2 is 2.17 bits per heavy atom. The van der Waals surface area contributed by atoms with Crippen molar-refractivity contribution < 1.29 is 19.1 Å². The number of anilines is 1. The molecule has 2 aliphatic rings. The Labute approximate surface area is 144 Å². The summed E-state index contributed by atoms with van der Waals surface area (Å²) in [5, 5.41) is 2.63. The van der Waals surface area contributed by atoms with Gasteiger partial charge in [0.25, 0.3) is 5.24 Å². The third-order valence-corrected chi connectivity index (χ3v) is 4.86. The van der Waals surface area contributed by atoms with Crippen molar-refractivity contribution in [2.45, 2.75) is 19.4 Å². The van der Waals surface area contributed by atoms with Crippen LogP contribution in [0, 0.1) is 0 Å². The molecule has 3 rings (SSSR count). The number of benzene rings is 1. The molecule has 1 N–H and O–H groups in total. The van der Waals surface area contributed by atoms with Gasteiger partial charge in [-0.1, -0.05) is 23.9 Å². The molecule has 1 unspecified atom stereocenters. The van der Waals surface area contributed by atoms with Gasteiger partial charge < -0.3 is 15.0 Å². The van der Waals surface area contributed by atoms with Gasteiger partial charge in [-0.05, 0) is 25.5 Å². The van der Waals surface area contributed by atoms with E-state index >= 15 is 0 Å². The number of para-hydroxylation sites is 2. The van der Waals surface area contributed by atoms with Crippen molar-refractivity contribution in [2.75, 3.05) is 30.8 Å². The van der Waals surface area contributed by atoms with Crippen LogP contribution in [-0.2, 0) is 4.79 Å². The highest BCUT2D eigenvalue weighted by molar-refractivity contribution is 8.14. The standard InChI is InChI=1S/C16H19N3O4S/c1-2-23-13-6-4-3-5-12(13)17-15(21)18-8-7-11(9-18)19-14(20)10-24-16(19)22/h3-6,11H,2,7-10H2,1H3,(H,17,21). The number of imide groups is 1. The molecule has 7 nitrogen and oxygen atoms in total. The first kappa shape index (κ1) is 16.6. The number of hydrogen-bond donors (Lipinski definition) is 1. The predicted molar refractivity (Wildman–Crippen MR) is 91.3 cm³/mol. The van der Waals surface area contributed by atoms with E-state index in [0.717, 1.165) is 11.8 Å². The summed E-state index contributed by atoms with van der Waals surface area (Å²) in [4.78, 5) is 39.0. The van der Waals surface area contributed by atoms with Crippen LogP contribution in [0.25, 0.3) is 0 Å². The van der Waals surface area contributed by atoms with Crippen LogP contribution in [0.5, 0.6) is 5.75 Å². The Morgan fingerprint density at radius 3 is 2.88 bits per heavy atom. The van der Waals surface area contributed by atoms with Gasteiger partial charge in [-0.3, -0.25) is 14.5 Å². The quantitative estimate of drug-likeness (QED) is 0.903. The summed E-state index contributed by atoms with van der Waals surface area (Å²) in [5.74, 6) is 0.646. The van der Waals surface area contributed by atoms with Gasteiger partial charge in [0.15, 0.2) is 0 Å². The van der Waals surface area contributed by atoms with Crippen LogP contribution in [0.4, 0.5) is 15.3 Å². The number of likely N-dealkylation sites (tertiary alicyclic amines) is 1. The van der Waals surface area contributed by atoms with Gasteiger partial charge in [-0.2, -0.15) is 0 Å². The topological polar surface area (TPSA) is 79.0 Å². The van der Waals surface area contributed by atoms with Crippen LogP contribution in [-0.4, -0.2) is 58.5 Å². The third-order valence-electron chi connectivity index (χ3n) is 4.03. The van der Waals surface area contributed by atoms with E-state index in [0.29, 0.717) is 37.6 Å². The molecule has 1 aromatic carbocycles. The summed E-state index contributed by atoms with van der Waals surface area (Å²) >= 11 is 1.02. The summed E-state index contributed by atoms with van der Waals surface area (Å²) in [6.07, 6.45) is 0.610. The molecular formula is C16H19N3O4S. The van der Waals surface area contributed by atoms with E-state index in [9.17, 15) is 14.4 Å². The third kappa shape index (κ3) is 3.33.